The van der Waals surface area contributed by atoms with Crippen LogP contribution in [0.3, 0.4) is 0 Å². The number of carbonyl (C=O) groups excluding carboxylic acids is 2. The van der Waals surface area contributed by atoms with E-state index in [1.165, 1.54) is 4.90 Å². The molecule has 1 aliphatic rings. The molecule has 0 spiro atoms. The topological polar surface area (TPSA) is 66.6 Å². The van der Waals surface area contributed by atoms with Crippen LogP contribution in [0.25, 0.3) is 0 Å². The Kier molecular flexibility index (Phi) is 4.29. The molecular weight excluding hydrogens is 242 g/mol. The summed E-state index contributed by atoms with van der Waals surface area (Å²) in [6.07, 6.45) is 0.915. The third kappa shape index (κ3) is 2.83. The average molecular weight is 261 g/mol. The standard InChI is InChI=1S/C14H19N3O2/c1-16(8-4-7-15)9-10-17-13(18)11-5-2-3-6-12(11)14(17)19/h2-3,5-6H,4,7-10,15H2,1H3. The van der Waals surface area contributed by atoms with Gasteiger partial charge in [0.2, 0.25) is 0 Å². The molecule has 0 unspecified atom stereocenters. The lowest BCUT2D eigenvalue weighted by molar-refractivity contribution is 0.0641. The van der Waals surface area contributed by atoms with E-state index in [9.17, 15) is 9.59 Å². The quantitative estimate of drug-likeness (QED) is 0.760. The van der Waals surface area contributed by atoms with Crippen molar-refractivity contribution in [2.24, 2.45) is 5.73 Å². The number of hydrogen-bond acceptors (Lipinski definition) is 4. The van der Waals surface area contributed by atoms with E-state index < -0.39 is 0 Å². The highest BCUT2D eigenvalue weighted by atomic mass is 16.2. The molecule has 1 aromatic carbocycles. The predicted molar refractivity (Wildman–Crippen MR) is 73.0 cm³/mol. The molecule has 0 fully saturated rings. The van der Waals surface area contributed by atoms with Gasteiger partial charge in [-0.15, -0.1) is 0 Å². The SMILES string of the molecule is CN(CCCN)CCN1C(=O)c2ccccc2C1=O. The summed E-state index contributed by atoms with van der Waals surface area (Å²) in [7, 11) is 1.97. The summed E-state index contributed by atoms with van der Waals surface area (Å²) in [5.41, 5.74) is 6.47. The van der Waals surface area contributed by atoms with Gasteiger partial charge in [-0.2, -0.15) is 0 Å². The summed E-state index contributed by atoms with van der Waals surface area (Å²) >= 11 is 0. The number of benzene rings is 1. The highest BCUT2D eigenvalue weighted by molar-refractivity contribution is 6.21. The molecule has 2 amide bonds. The number of rotatable bonds is 6. The zero-order valence-electron chi connectivity index (χ0n) is 11.1. The number of fused-ring (bicyclic) bond motifs is 1. The largest absolute Gasteiger partial charge is 0.330 e. The molecule has 1 aromatic rings. The molecule has 0 saturated carbocycles. The number of hydrogen-bond donors (Lipinski definition) is 1. The predicted octanol–water partition coefficient (Wildman–Crippen LogP) is 0.563. The van der Waals surface area contributed by atoms with Crippen LogP contribution in [0.15, 0.2) is 24.3 Å². The molecule has 0 radical (unpaired) electrons. The van der Waals surface area contributed by atoms with Crippen LogP contribution in [0.1, 0.15) is 27.1 Å². The monoisotopic (exact) mass is 261 g/mol. The number of likely N-dealkylation sites (N-methyl/N-ethyl adjacent to an activating group) is 1. The Morgan fingerprint density at radius 1 is 1.11 bits per heavy atom. The molecule has 0 saturated heterocycles. The van der Waals surface area contributed by atoms with Gasteiger partial charge in [0.15, 0.2) is 0 Å². The Balaban J connectivity index is 1.97. The second-order valence-corrected chi connectivity index (χ2v) is 4.75. The Hall–Kier alpha value is -1.72. The summed E-state index contributed by atoms with van der Waals surface area (Å²) in [4.78, 5) is 27.6. The molecule has 1 heterocycles. The molecular formula is C14H19N3O2. The number of amides is 2. The molecule has 0 bridgehead atoms. The van der Waals surface area contributed by atoms with Crippen molar-refractivity contribution in [3.63, 3.8) is 0 Å². The molecule has 2 rings (SSSR count). The fourth-order valence-corrected chi connectivity index (χ4v) is 2.19. The van der Waals surface area contributed by atoms with Gasteiger partial charge in [-0.05, 0) is 38.7 Å². The van der Waals surface area contributed by atoms with Gasteiger partial charge in [-0.1, -0.05) is 12.1 Å². The van der Waals surface area contributed by atoms with Crippen LogP contribution in [-0.2, 0) is 0 Å². The fraction of sp³-hybridized carbons (Fsp3) is 0.429. The highest BCUT2D eigenvalue weighted by Crippen LogP contribution is 2.21. The smallest absolute Gasteiger partial charge is 0.261 e. The molecule has 1 aliphatic heterocycles. The van der Waals surface area contributed by atoms with Crippen LogP contribution in [0.4, 0.5) is 0 Å². The fourth-order valence-electron chi connectivity index (χ4n) is 2.19. The van der Waals surface area contributed by atoms with E-state index in [4.69, 9.17) is 5.73 Å². The highest BCUT2D eigenvalue weighted by Gasteiger charge is 2.34. The number of imide groups is 1. The van der Waals surface area contributed by atoms with E-state index >= 15 is 0 Å². The van der Waals surface area contributed by atoms with Gasteiger partial charge in [0, 0.05) is 13.1 Å². The summed E-state index contributed by atoms with van der Waals surface area (Å²) in [5.74, 6) is -0.374. The van der Waals surface area contributed by atoms with Crippen LogP contribution >= 0.6 is 0 Å². The van der Waals surface area contributed by atoms with Gasteiger partial charge >= 0.3 is 0 Å². The third-order valence-corrected chi connectivity index (χ3v) is 3.33. The first-order valence-electron chi connectivity index (χ1n) is 6.49. The molecule has 102 valence electrons. The first-order valence-corrected chi connectivity index (χ1v) is 6.49. The van der Waals surface area contributed by atoms with Gasteiger partial charge in [0.05, 0.1) is 11.1 Å². The van der Waals surface area contributed by atoms with Crippen molar-refractivity contribution in [2.75, 3.05) is 33.2 Å². The van der Waals surface area contributed by atoms with Crippen molar-refractivity contribution in [2.45, 2.75) is 6.42 Å². The number of carbonyl (C=O) groups is 2. The van der Waals surface area contributed by atoms with Crippen LogP contribution in [0.2, 0.25) is 0 Å². The maximum absolute atomic E-state index is 12.1. The number of nitrogens with zero attached hydrogens (tertiary/aromatic N) is 2. The zero-order valence-corrected chi connectivity index (χ0v) is 11.1. The molecule has 5 nitrogen and oxygen atoms in total. The van der Waals surface area contributed by atoms with Crippen LogP contribution in [0.5, 0.6) is 0 Å². The second kappa shape index (κ2) is 5.95. The lowest BCUT2D eigenvalue weighted by Gasteiger charge is -2.20. The lowest BCUT2D eigenvalue weighted by atomic mass is 10.1. The Labute approximate surface area is 113 Å². The van der Waals surface area contributed by atoms with Crippen molar-refractivity contribution in [3.05, 3.63) is 35.4 Å². The minimum absolute atomic E-state index is 0.187. The minimum Gasteiger partial charge on any atom is -0.330 e. The van der Waals surface area contributed by atoms with Gasteiger partial charge in [-0.25, -0.2) is 0 Å². The molecule has 0 atom stereocenters. The normalized spacial score (nSPS) is 14.4. The van der Waals surface area contributed by atoms with Crippen molar-refractivity contribution in [1.82, 2.24) is 9.80 Å². The van der Waals surface area contributed by atoms with E-state index in [0.717, 1.165) is 13.0 Å². The van der Waals surface area contributed by atoms with Crippen molar-refractivity contribution >= 4 is 11.8 Å². The van der Waals surface area contributed by atoms with Gasteiger partial charge in [0.1, 0.15) is 0 Å². The van der Waals surface area contributed by atoms with Crippen molar-refractivity contribution in [3.8, 4) is 0 Å². The first-order chi connectivity index (χ1) is 9.15. The van der Waals surface area contributed by atoms with E-state index in [1.807, 2.05) is 7.05 Å². The Morgan fingerprint density at radius 3 is 2.21 bits per heavy atom. The van der Waals surface area contributed by atoms with E-state index in [1.54, 1.807) is 24.3 Å². The number of nitrogens with two attached hydrogens (primary N) is 1. The second-order valence-electron chi connectivity index (χ2n) is 4.75. The molecule has 5 heteroatoms. The van der Waals surface area contributed by atoms with Crippen LogP contribution in [-0.4, -0.2) is 54.8 Å². The van der Waals surface area contributed by atoms with Crippen molar-refractivity contribution in [1.29, 1.82) is 0 Å². The van der Waals surface area contributed by atoms with E-state index in [0.29, 0.717) is 30.8 Å². The average Bonchev–Trinajstić information content (AvgIpc) is 2.67. The first kappa shape index (κ1) is 13.7. The van der Waals surface area contributed by atoms with Crippen molar-refractivity contribution < 1.29 is 9.59 Å². The van der Waals surface area contributed by atoms with Gasteiger partial charge < -0.3 is 10.6 Å². The van der Waals surface area contributed by atoms with Crippen LogP contribution < -0.4 is 5.73 Å². The van der Waals surface area contributed by atoms with Crippen LogP contribution in [0, 0.1) is 0 Å². The summed E-state index contributed by atoms with van der Waals surface area (Å²) < 4.78 is 0. The third-order valence-electron chi connectivity index (χ3n) is 3.33. The van der Waals surface area contributed by atoms with E-state index in [-0.39, 0.29) is 11.8 Å². The van der Waals surface area contributed by atoms with E-state index in [2.05, 4.69) is 4.90 Å². The van der Waals surface area contributed by atoms with Gasteiger partial charge in [-0.3, -0.25) is 14.5 Å². The maximum atomic E-state index is 12.1. The summed E-state index contributed by atoms with van der Waals surface area (Å²) in [6.45, 7) is 2.62. The minimum atomic E-state index is -0.187. The molecule has 2 N–H and O–H groups in total. The summed E-state index contributed by atoms with van der Waals surface area (Å²) in [6, 6.07) is 6.96. The maximum Gasteiger partial charge on any atom is 0.261 e. The zero-order chi connectivity index (χ0) is 13.8. The molecule has 0 aliphatic carbocycles. The lowest BCUT2D eigenvalue weighted by Crippen LogP contribution is -2.37. The molecule has 0 aromatic heterocycles. The Bertz CT molecular complexity index is 452. The summed E-state index contributed by atoms with van der Waals surface area (Å²) in [5, 5.41) is 0. The van der Waals surface area contributed by atoms with Gasteiger partial charge in [0.25, 0.3) is 11.8 Å². The Morgan fingerprint density at radius 2 is 1.68 bits per heavy atom. The molecule has 19 heavy (non-hydrogen) atoms.